The second kappa shape index (κ2) is 8.52. The van der Waals surface area contributed by atoms with Gasteiger partial charge in [-0.1, -0.05) is 26.0 Å². The smallest absolute Gasteiger partial charge is 0.220 e. The number of likely N-dealkylation sites (N-methyl/N-ethyl adjacent to an activating group) is 1. The van der Waals surface area contributed by atoms with Gasteiger partial charge in [0, 0.05) is 18.5 Å². The third-order valence-corrected chi connectivity index (χ3v) is 4.99. The Morgan fingerprint density at radius 2 is 1.92 bits per heavy atom. The van der Waals surface area contributed by atoms with Crippen LogP contribution in [-0.4, -0.2) is 44.1 Å². The van der Waals surface area contributed by atoms with E-state index < -0.39 is 0 Å². The fourth-order valence-corrected chi connectivity index (χ4v) is 2.62. The summed E-state index contributed by atoms with van der Waals surface area (Å²) >= 11 is 0. The molecule has 0 aliphatic rings. The van der Waals surface area contributed by atoms with Gasteiger partial charge in [0.2, 0.25) is 5.91 Å². The van der Waals surface area contributed by atoms with Crippen LogP contribution in [0.1, 0.15) is 51.2 Å². The predicted molar refractivity (Wildman–Crippen MR) is 101 cm³/mol. The van der Waals surface area contributed by atoms with E-state index in [1.54, 1.807) is 7.11 Å². The van der Waals surface area contributed by atoms with E-state index in [0.29, 0.717) is 18.9 Å². The van der Waals surface area contributed by atoms with Crippen molar-refractivity contribution in [2.24, 2.45) is 5.92 Å². The van der Waals surface area contributed by atoms with Gasteiger partial charge in [-0.3, -0.25) is 4.79 Å². The Hall–Kier alpha value is -1.55. The lowest BCUT2D eigenvalue weighted by atomic mass is 9.84. The van der Waals surface area contributed by atoms with E-state index >= 15 is 0 Å². The first-order valence-corrected chi connectivity index (χ1v) is 8.67. The second-order valence-electron chi connectivity index (χ2n) is 7.77. The third-order valence-electron chi connectivity index (χ3n) is 4.99. The number of hydrogen-bond donors (Lipinski definition) is 1. The van der Waals surface area contributed by atoms with Crippen LogP contribution in [0.15, 0.2) is 18.2 Å². The Kier molecular flexibility index (Phi) is 7.27. The van der Waals surface area contributed by atoms with Crippen molar-refractivity contribution >= 4 is 5.91 Å². The van der Waals surface area contributed by atoms with Crippen LogP contribution in [0.25, 0.3) is 0 Å². The number of nitrogens with zero attached hydrogens (tertiary/aromatic N) is 1. The molecule has 0 aromatic heterocycles. The van der Waals surface area contributed by atoms with Gasteiger partial charge in [-0.2, -0.15) is 0 Å². The van der Waals surface area contributed by atoms with Gasteiger partial charge >= 0.3 is 0 Å². The molecule has 136 valence electrons. The SMILES string of the molecule is COc1ccc(C(CC(=O)NCC(C)(C)N(C)C)C(C)C)cc1C. The standard InChI is InChI=1S/C20H34N2O2/c1-14(2)17(16-9-10-18(24-8)15(3)11-16)12-19(23)21-13-20(4,5)22(6)7/h9-11,14,17H,12-13H2,1-8H3,(H,21,23). The fourth-order valence-electron chi connectivity index (χ4n) is 2.62. The highest BCUT2D eigenvalue weighted by Crippen LogP contribution is 2.31. The fraction of sp³-hybridized carbons (Fsp3) is 0.650. The molecule has 4 heteroatoms. The van der Waals surface area contributed by atoms with E-state index in [2.05, 4.69) is 50.0 Å². The molecular formula is C20H34N2O2. The number of rotatable bonds is 8. The van der Waals surface area contributed by atoms with E-state index in [9.17, 15) is 4.79 Å². The molecule has 1 N–H and O–H groups in total. The molecule has 1 rings (SSSR count). The highest BCUT2D eigenvalue weighted by Gasteiger charge is 2.24. The van der Waals surface area contributed by atoms with Gasteiger partial charge in [-0.15, -0.1) is 0 Å². The van der Waals surface area contributed by atoms with E-state index in [0.717, 1.165) is 11.3 Å². The molecule has 0 bridgehead atoms. The zero-order chi connectivity index (χ0) is 18.5. The molecule has 0 saturated heterocycles. The minimum atomic E-state index is -0.0559. The summed E-state index contributed by atoms with van der Waals surface area (Å²) in [6, 6.07) is 6.21. The van der Waals surface area contributed by atoms with E-state index in [1.807, 2.05) is 27.1 Å². The molecule has 1 amide bonds. The normalized spacial score (nSPS) is 13.2. The van der Waals surface area contributed by atoms with Crippen molar-refractivity contribution in [1.82, 2.24) is 10.2 Å². The Labute approximate surface area is 147 Å². The van der Waals surface area contributed by atoms with Gasteiger partial charge in [0.1, 0.15) is 5.75 Å². The molecule has 0 heterocycles. The Morgan fingerprint density at radius 3 is 2.38 bits per heavy atom. The molecule has 24 heavy (non-hydrogen) atoms. The monoisotopic (exact) mass is 334 g/mol. The van der Waals surface area contributed by atoms with Gasteiger partial charge in [0.25, 0.3) is 0 Å². The summed E-state index contributed by atoms with van der Waals surface area (Å²) in [6.07, 6.45) is 0.507. The zero-order valence-electron chi connectivity index (χ0n) is 16.6. The van der Waals surface area contributed by atoms with Gasteiger partial charge in [0.05, 0.1) is 7.11 Å². The quantitative estimate of drug-likeness (QED) is 0.790. The lowest BCUT2D eigenvalue weighted by molar-refractivity contribution is -0.122. The van der Waals surface area contributed by atoms with Gasteiger partial charge in [-0.25, -0.2) is 0 Å². The van der Waals surface area contributed by atoms with Crippen molar-refractivity contribution in [2.75, 3.05) is 27.7 Å². The maximum absolute atomic E-state index is 12.5. The largest absolute Gasteiger partial charge is 0.496 e. The summed E-state index contributed by atoms with van der Waals surface area (Å²) in [5.74, 6) is 1.60. The van der Waals surface area contributed by atoms with Crippen LogP contribution in [0.2, 0.25) is 0 Å². The molecule has 0 radical (unpaired) electrons. The lowest BCUT2D eigenvalue weighted by Gasteiger charge is -2.33. The van der Waals surface area contributed by atoms with Crippen LogP contribution < -0.4 is 10.1 Å². The molecule has 0 aliphatic carbocycles. The topological polar surface area (TPSA) is 41.6 Å². The van der Waals surface area contributed by atoms with Gasteiger partial charge in [-0.05, 0) is 63.9 Å². The average molecular weight is 335 g/mol. The van der Waals surface area contributed by atoms with Crippen molar-refractivity contribution in [1.29, 1.82) is 0 Å². The van der Waals surface area contributed by atoms with Crippen molar-refractivity contribution in [3.63, 3.8) is 0 Å². The minimum absolute atomic E-state index is 0.0559. The second-order valence-corrected chi connectivity index (χ2v) is 7.77. The summed E-state index contributed by atoms with van der Waals surface area (Å²) < 4.78 is 5.34. The Morgan fingerprint density at radius 1 is 1.29 bits per heavy atom. The summed E-state index contributed by atoms with van der Waals surface area (Å²) in [5, 5.41) is 3.09. The van der Waals surface area contributed by atoms with Crippen LogP contribution >= 0.6 is 0 Å². The molecule has 1 atom stereocenters. The highest BCUT2D eigenvalue weighted by atomic mass is 16.5. The first-order chi connectivity index (χ1) is 11.1. The molecule has 4 nitrogen and oxygen atoms in total. The molecule has 0 aliphatic heterocycles. The average Bonchev–Trinajstić information content (AvgIpc) is 2.50. The number of benzene rings is 1. The Balaban J connectivity index is 2.80. The van der Waals surface area contributed by atoms with Crippen LogP contribution in [-0.2, 0) is 4.79 Å². The molecule has 0 fully saturated rings. The highest BCUT2D eigenvalue weighted by molar-refractivity contribution is 5.77. The molecule has 1 unspecified atom stereocenters. The van der Waals surface area contributed by atoms with Crippen LogP contribution in [0.4, 0.5) is 0 Å². The summed E-state index contributed by atoms with van der Waals surface area (Å²) in [7, 11) is 5.74. The number of hydrogen-bond acceptors (Lipinski definition) is 3. The summed E-state index contributed by atoms with van der Waals surface area (Å²) in [4.78, 5) is 14.6. The Bertz CT molecular complexity index is 551. The van der Waals surface area contributed by atoms with Crippen LogP contribution in [0.5, 0.6) is 5.75 Å². The first-order valence-electron chi connectivity index (χ1n) is 8.67. The maximum Gasteiger partial charge on any atom is 0.220 e. The van der Waals surface area contributed by atoms with Gasteiger partial charge < -0.3 is 15.0 Å². The van der Waals surface area contributed by atoms with Gasteiger partial charge in [0.15, 0.2) is 0 Å². The molecule has 1 aromatic carbocycles. The molecular weight excluding hydrogens is 300 g/mol. The molecule has 0 saturated carbocycles. The molecule has 0 spiro atoms. The van der Waals surface area contributed by atoms with Crippen molar-refractivity contribution < 1.29 is 9.53 Å². The predicted octanol–water partition coefficient (Wildman–Crippen LogP) is 3.59. The third kappa shape index (κ3) is 5.52. The van der Waals surface area contributed by atoms with E-state index in [-0.39, 0.29) is 17.4 Å². The van der Waals surface area contributed by atoms with E-state index in [1.165, 1.54) is 5.56 Å². The van der Waals surface area contributed by atoms with Crippen LogP contribution in [0, 0.1) is 12.8 Å². The number of ether oxygens (including phenoxy) is 1. The zero-order valence-corrected chi connectivity index (χ0v) is 16.6. The first kappa shape index (κ1) is 20.5. The van der Waals surface area contributed by atoms with Crippen LogP contribution in [0.3, 0.4) is 0 Å². The van der Waals surface area contributed by atoms with Crippen molar-refractivity contribution in [3.8, 4) is 5.75 Å². The van der Waals surface area contributed by atoms with E-state index in [4.69, 9.17) is 4.74 Å². The number of aryl methyl sites for hydroxylation is 1. The summed E-state index contributed by atoms with van der Waals surface area (Å²) in [6.45, 7) is 11.3. The summed E-state index contributed by atoms with van der Waals surface area (Å²) in [5.41, 5.74) is 2.25. The lowest BCUT2D eigenvalue weighted by Crippen LogP contribution is -2.48. The number of amides is 1. The number of nitrogens with one attached hydrogen (secondary N) is 1. The maximum atomic E-state index is 12.5. The molecule has 1 aromatic rings. The minimum Gasteiger partial charge on any atom is -0.496 e. The van der Waals surface area contributed by atoms with Crippen molar-refractivity contribution in [3.05, 3.63) is 29.3 Å². The van der Waals surface area contributed by atoms with Crippen molar-refractivity contribution in [2.45, 2.75) is 52.5 Å². The number of carbonyl (C=O) groups is 1. The number of methoxy groups -OCH3 is 1. The number of carbonyl (C=O) groups excluding carboxylic acids is 1.